The summed E-state index contributed by atoms with van der Waals surface area (Å²) in [6, 6.07) is 23.7. The average Bonchev–Trinajstić information content (AvgIpc) is 3.60. The first-order valence-electron chi connectivity index (χ1n) is 18.6. The molecule has 0 saturated heterocycles. The maximum atomic E-state index is 2.86. The summed E-state index contributed by atoms with van der Waals surface area (Å²) in [7, 11) is 0. The Morgan fingerprint density at radius 1 is 0.745 bits per heavy atom. The van der Waals surface area contributed by atoms with Gasteiger partial charge in [-0.3, -0.25) is 0 Å². The van der Waals surface area contributed by atoms with Crippen LogP contribution >= 0.6 is 0 Å². The van der Waals surface area contributed by atoms with E-state index in [1.807, 2.05) is 0 Å². The molecule has 6 aliphatic carbocycles. The summed E-state index contributed by atoms with van der Waals surface area (Å²) in [4.78, 5) is 0. The molecule has 1 heteroatoms. The fourth-order valence-corrected chi connectivity index (χ4v) is 23.5. The number of fused-ring (bicyclic) bond motifs is 4. The van der Waals surface area contributed by atoms with E-state index in [0.717, 1.165) is 30.1 Å². The van der Waals surface area contributed by atoms with Gasteiger partial charge in [-0.05, 0) is 0 Å². The molecule has 0 spiro atoms. The number of rotatable bonds is 4. The second-order valence-electron chi connectivity index (χ2n) is 17.0. The van der Waals surface area contributed by atoms with Gasteiger partial charge in [0.1, 0.15) is 0 Å². The van der Waals surface area contributed by atoms with Crippen molar-refractivity contribution in [3.63, 3.8) is 0 Å². The Morgan fingerprint density at radius 2 is 1.40 bits per heavy atom. The van der Waals surface area contributed by atoms with Crippen molar-refractivity contribution in [2.45, 2.75) is 84.7 Å². The molecule has 10 rings (SSSR count). The Labute approximate surface area is 287 Å². The van der Waals surface area contributed by atoms with Crippen LogP contribution in [0.5, 0.6) is 0 Å². The summed E-state index contributed by atoms with van der Waals surface area (Å²) >= 11 is -3.47. The van der Waals surface area contributed by atoms with E-state index in [1.54, 1.807) is 23.3 Å². The van der Waals surface area contributed by atoms with Gasteiger partial charge in [0.25, 0.3) is 0 Å². The molecule has 239 valence electrons. The van der Waals surface area contributed by atoms with E-state index in [0.29, 0.717) is 11.3 Å². The topological polar surface area (TPSA) is 0 Å². The summed E-state index contributed by atoms with van der Waals surface area (Å²) in [5, 5.41) is 2.69. The fourth-order valence-electron chi connectivity index (χ4n) is 11.8. The molecule has 4 fully saturated rings. The third kappa shape index (κ3) is 4.51. The van der Waals surface area contributed by atoms with Crippen molar-refractivity contribution in [3.05, 3.63) is 121 Å². The predicted molar refractivity (Wildman–Crippen MR) is 199 cm³/mol. The molecule has 2 unspecified atom stereocenters. The molecule has 0 aromatic heterocycles. The van der Waals surface area contributed by atoms with Crippen LogP contribution in [0.2, 0.25) is 4.63 Å². The van der Waals surface area contributed by atoms with Gasteiger partial charge in [-0.25, -0.2) is 0 Å². The zero-order chi connectivity index (χ0) is 32.4. The molecule has 4 saturated carbocycles. The maximum absolute atomic E-state index is 3.47. The Hall–Kier alpha value is -2.63. The van der Waals surface area contributed by atoms with Gasteiger partial charge in [-0.15, -0.1) is 0 Å². The minimum absolute atomic E-state index is 0.355. The molecule has 47 heavy (non-hydrogen) atoms. The zero-order valence-corrected chi connectivity index (χ0v) is 32.1. The Morgan fingerprint density at radius 3 is 2.13 bits per heavy atom. The molecular formula is C46H51Zr. The third-order valence-corrected chi connectivity index (χ3v) is 25.2. The molecule has 2 atom stereocenters. The van der Waals surface area contributed by atoms with E-state index in [1.165, 1.54) is 81.8 Å². The van der Waals surface area contributed by atoms with Gasteiger partial charge in [0.15, 0.2) is 0 Å². The van der Waals surface area contributed by atoms with E-state index in [2.05, 4.69) is 123 Å². The normalized spacial score (nSPS) is 29.8. The van der Waals surface area contributed by atoms with Crippen LogP contribution in [0.25, 0.3) is 21.9 Å². The van der Waals surface area contributed by atoms with Crippen LogP contribution in [0.4, 0.5) is 0 Å². The SMILES string of the molecule is Cc1cc2c(cc1C)-c1cc(C)c(C)[c]([Zr]([CH3])(=[CH]c3ccc4ccccc4c3)[C]3=CC(C4(C)C5CC6CC(C5)CC4C6)=CC3C)c1C2. The molecule has 0 amide bonds. The van der Waals surface area contributed by atoms with Crippen molar-refractivity contribution in [1.29, 1.82) is 0 Å². The quantitative estimate of drug-likeness (QED) is 0.176. The number of benzene rings is 4. The second-order valence-corrected chi connectivity index (χ2v) is 26.3. The van der Waals surface area contributed by atoms with Gasteiger partial charge in [-0.1, -0.05) is 0 Å². The molecule has 0 aliphatic heterocycles. The van der Waals surface area contributed by atoms with E-state index >= 15 is 0 Å². The molecule has 4 aromatic carbocycles. The van der Waals surface area contributed by atoms with Gasteiger partial charge < -0.3 is 0 Å². The summed E-state index contributed by atoms with van der Waals surface area (Å²) in [5.41, 5.74) is 15.5. The van der Waals surface area contributed by atoms with Gasteiger partial charge in [-0.2, -0.15) is 0 Å². The van der Waals surface area contributed by atoms with Crippen molar-refractivity contribution in [1.82, 2.24) is 0 Å². The van der Waals surface area contributed by atoms with Crippen LogP contribution in [0.3, 0.4) is 0 Å². The standard InChI is InChI=1S/C17H23.C17H17.C11H8.CH3.Zr/c1-11-3-4-14(5-11)17(2)15-7-12-6-13(9-15)10-16(17)8-12;1-10-5-14-9-15-6-11(2)13(4)8-17(15)16(14)7-12(10)3;1-9-6-7-10-4-2-3-5-11(10)8-9;;/h4-5,11-13,15-16H,6-10H2,1-2H3;5,7-8H,9H2,1-4H3;1-8H;1H3;. The Balaban J connectivity index is 1.27. The van der Waals surface area contributed by atoms with E-state index < -0.39 is 19.8 Å². The number of allylic oxidation sites excluding steroid dienone is 4. The Bertz CT molecular complexity index is 2090. The van der Waals surface area contributed by atoms with Crippen molar-refractivity contribution < 1.29 is 19.8 Å². The Kier molecular flexibility index (Phi) is 6.92. The summed E-state index contributed by atoms with van der Waals surface area (Å²) < 4.78 is 9.21. The number of aryl methyl sites for hydroxylation is 3. The summed E-state index contributed by atoms with van der Waals surface area (Å²) in [6.45, 7) is 14.7. The molecule has 0 heterocycles. The van der Waals surface area contributed by atoms with Crippen LogP contribution in [-0.2, 0) is 26.2 Å². The molecule has 0 radical (unpaired) electrons. The van der Waals surface area contributed by atoms with Gasteiger partial charge in [0.05, 0.1) is 0 Å². The zero-order valence-electron chi connectivity index (χ0n) is 29.6. The predicted octanol–water partition coefficient (Wildman–Crippen LogP) is 11.2. The van der Waals surface area contributed by atoms with Gasteiger partial charge in [0.2, 0.25) is 0 Å². The summed E-state index contributed by atoms with van der Waals surface area (Å²) in [6.07, 6.45) is 14.1. The molecule has 0 nitrogen and oxygen atoms in total. The van der Waals surface area contributed by atoms with E-state index in [-0.39, 0.29) is 0 Å². The van der Waals surface area contributed by atoms with Gasteiger partial charge in [0, 0.05) is 0 Å². The third-order valence-electron chi connectivity index (χ3n) is 14.4. The van der Waals surface area contributed by atoms with Crippen LogP contribution in [0.15, 0.2) is 81.7 Å². The van der Waals surface area contributed by atoms with Crippen molar-refractivity contribution >= 4 is 17.8 Å². The summed E-state index contributed by atoms with van der Waals surface area (Å²) in [5.74, 6) is 4.27. The van der Waals surface area contributed by atoms with Crippen LogP contribution in [0, 0.1) is 62.7 Å². The van der Waals surface area contributed by atoms with Crippen LogP contribution in [0.1, 0.15) is 84.9 Å². The molecule has 6 aliphatic rings. The molecular weight excluding hydrogens is 644 g/mol. The van der Waals surface area contributed by atoms with Crippen molar-refractivity contribution in [2.75, 3.05) is 0 Å². The molecule has 4 bridgehead atoms. The first kappa shape index (κ1) is 30.4. The second kappa shape index (κ2) is 10.7. The minimum atomic E-state index is -3.47. The van der Waals surface area contributed by atoms with Crippen molar-refractivity contribution in [2.24, 2.45) is 35.0 Å². The molecule has 4 aromatic rings. The number of hydrogen-bond donors (Lipinski definition) is 0. The fraction of sp³-hybridized carbons (Fsp3) is 0.413. The monoisotopic (exact) mass is 693 g/mol. The van der Waals surface area contributed by atoms with Crippen LogP contribution < -0.4 is 3.27 Å². The van der Waals surface area contributed by atoms with Crippen molar-refractivity contribution in [3.8, 4) is 11.1 Å². The van der Waals surface area contributed by atoms with E-state index in [4.69, 9.17) is 0 Å². The van der Waals surface area contributed by atoms with Crippen LogP contribution in [-0.4, -0.2) is 3.71 Å². The first-order valence-corrected chi connectivity index (χ1v) is 24.9. The first-order chi connectivity index (χ1) is 22.5. The number of hydrogen-bond acceptors (Lipinski definition) is 0. The average molecular weight is 695 g/mol. The molecule has 0 N–H and O–H groups in total. The van der Waals surface area contributed by atoms with Gasteiger partial charge >= 0.3 is 289 Å². The van der Waals surface area contributed by atoms with E-state index in [9.17, 15) is 0 Å².